The van der Waals surface area contributed by atoms with E-state index in [2.05, 4.69) is 10.6 Å². The van der Waals surface area contributed by atoms with E-state index in [1.165, 1.54) is 0 Å². The van der Waals surface area contributed by atoms with Gasteiger partial charge in [-0.15, -0.1) is 12.4 Å². The van der Waals surface area contributed by atoms with E-state index < -0.39 is 30.3 Å². The van der Waals surface area contributed by atoms with Gasteiger partial charge in [-0.25, -0.2) is 8.78 Å². The summed E-state index contributed by atoms with van der Waals surface area (Å²) in [7, 11) is 0. The van der Waals surface area contributed by atoms with Crippen LogP contribution in [0.2, 0.25) is 0 Å². The average Bonchev–Trinajstić information content (AvgIpc) is 2.30. The molecular formula is C12H24ClF2N3O2. The molecule has 0 saturated heterocycles. The fourth-order valence-corrected chi connectivity index (χ4v) is 1.10. The number of nitrogens with one attached hydrogen (secondary N) is 2. The molecule has 0 aromatic carbocycles. The molecule has 0 atom stereocenters. The summed E-state index contributed by atoms with van der Waals surface area (Å²) in [5.41, 5.74) is 4.36. The lowest BCUT2D eigenvalue weighted by atomic mass is 9.96. The summed E-state index contributed by atoms with van der Waals surface area (Å²) >= 11 is 0. The highest BCUT2D eigenvalue weighted by Gasteiger charge is 2.27. The summed E-state index contributed by atoms with van der Waals surface area (Å²) in [6.07, 6.45) is 0.493. The minimum Gasteiger partial charge on any atom is -0.356 e. The topological polar surface area (TPSA) is 84.2 Å². The standard InChI is InChI=1S/C12H23F2N3O2.ClH/c1-11(2,3)10(19)16-6-4-5-9(18)17-8-12(13,14)7-15;/h4-8,15H2,1-3H3,(H,16,19)(H,17,18);1H. The third kappa shape index (κ3) is 9.91. The SMILES string of the molecule is CC(C)(C)C(=O)NCCCC(=O)NCC(F)(F)CN.Cl. The predicted molar refractivity (Wildman–Crippen MR) is 76.0 cm³/mol. The Morgan fingerprint density at radius 3 is 2.15 bits per heavy atom. The van der Waals surface area contributed by atoms with E-state index in [1.807, 2.05) is 0 Å². The predicted octanol–water partition coefficient (Wildman–Crippen LogP) is 1.06. The monoisotopic (exact) mass is 315 g/mol. The second kappa shape index (κ2) is 9.07. The number of carbonyl (C=O) groups excluding carboxylic acids is 2. The summed E-state index contributed by atoms with van der Waals surface area (Å²) in [6, 6.07) is 0. The van der Waals surface area contributed by atoms with Gasteiger partial charge in [0.25, 0.3) is 5.92 Å². The van der Waals surface area contributed by atoms with Gasteiger partial charge in [-0.3, -0.25) is 9.59 Å². The van der Waals surface area contributed by atoms with Gasteiger partial charge in [-0.05, 0) is 6.42 Å². The maximum atomic E-state index is 12.7. The van der Waals surface area contributed by atoms with Crippen LogP contribution >= 0.6 is 12.4 Å². The van der Waals surface area contributed by atoms with Crippen molar-refractivity contribution in [3.63, 3.8) is 0 Å². The van der Waals surface area contributed by atoms with Gasteiger partial charge in [-0.2, -0.15) is 0 Å². The van der Waals surface area contributed by atoms with Crippen molar-refractivity contribution >= 4 is 24.2 Å². The average molecular weight is 316 g/mol. The number of carbonyl (C=O) groups is 2. The summed E-state index contributed by atoms with van der Waals surface area (Å²) in [5.74, 6) is -3.66. The zero-order valence-electron chi connectivity index (χ0n) is 12.1. The number of amides is 2. The summed E-state index contributed by atoms with van der Waals surface area (Å²) in [5, 5.41) is 4.78. The number of alkyl halides is 2. The first-order chi connectivity index (χ1) is 8.58. The molecule has 0 aliphatic heterocycles. The fraction of sp³-hybridized carbons (Fsp3) is 0.833. The molecule has 0 unspecified atom stereocenters. The first-order valence-corrected chi connectivity index (χ1v) is 6.21. The molecular weight excluding hydrogens is 292 g/mol. The molecule has 2 amide bonds. The third-order valence-corrected chi connectivity index (χ3v) is 2.39. The Hall–Kier alpha value is -0.950. The Morgan fingerprint density at radius 1 is 1.15 bits per heavy atom. The van der Waals surface area contributed by atoms with Crippen LogP contribution in [0.4, 0.5) is 8.78 Å². The van der Waals surface area contributed by atoms with Crippen LogP contribution in [0.1, 0.15) is 33.6 Å². The normalized spacial score (nSPS) is 11.5. The van der Waals surface area contributed by atoms with E-state index in [1.54, 1.807) is 20.8 Å². The van der Waals surface area contributed by atoms with Crippen LogP contribution in [0.25, 0.3) is 0 Å². The van der Waals surface area contributed by atoms with E-state index in [0.717, 1.165) is 0 Å². The molecule has 0 aromatic rings. The molecule has 4 N–H and O–H groups in total. The highest BCUT2D eigenvalue weighted by molar-refractivity contribution is 5.85. The van der Waals surface area contributed by atoms with Crippen LogP contribution < -0.4 is 16.4 Å². The Bertz CT molecular complexity index is 320. The summed E-state index contributed by atoms with van der Waals surface area (Å²) in [4.78, 5) is 22.7. The highest BCUT2D eigenvalue weighted by atomic mass is 35.5. The Balaban J connectivity index is 0. The van der Waals surface area contributed by atoms with Gasteiger partial charge < -0.3 is 16.4 Å². The Labute approximate surface area is 124 Å². The number of hydrogen-bond donors (Lipinski definition) is 3. The quantitative estimate of drug-likeness (QED) is 0.614. The maximum absolute atomic E-state index is 12.7. The minimum absolute atomic E-state index is 0. The second-order valence-electron chi connectivity index (χ2n) is 5.45. The van der Waals surface area contributed by atoms with Crippen LogP contribution in [0.3, 0.4) is 0 Å². The van der Waals surface area contributed by atoms with Gasteiger partial charge in [0, 0.05) is 18.4 Å². The zero-order valence-corrected chi connectivity index (χ0v) is 12.9. The smallest absolute Gasteiger partial charge is 0.277 e. The lowest BCUT2D eigenvalue weighted by molar-refractivity contribution is -0.128. The van der Waals surface area contributed by atoms with Crippen molar-refractivity contribution in [1.29, 1.82) is 0 Å². The molecule has 5 nitrogen and oxygen atoms in total. The van der Waals surface area contributed by atoms with Crippen molar-refractivity contribution in [3.8, 4) is 0 Å². The molecule has 20 heavy (non-hydrogen) atoms. The summed E-state index contributed by atoms with van der Waals surface area (Å²) < 4.78 is 25.5. The van der Waals surface area contributed by atoms with Crippen molar-refractivity contribution in [1.82, 2.24) is 10.6 Å². The van der Waals surface area contributed by atoms with Gasteiger partial charge in [-0.1, -0.05) is 20.8 Å². The molecule has 120 valence electrons. The zero-order chi connectivity index (χ0) is 15.1. The van der Waals surface area contributed by atoms with E-state index in [9.17, 15) is 18.4 Å². The van der Waals surface area contributed by atoms with Crippen LogP contribution in [0.5, 0.6) is 0 Å². The Kier molecular flexibility index (Phi) is 9.68. The van der Waals surface area contributed by atoms with Gasteiger partial charge in [0.2, 0.25) is 11.8 Å². The van der Waals surface area contributed by atoms with E-state index in [-0.39, 0.29) is 24.7 Å². The molecule has 0 bridgehead atoms. The number of rotatable bonds is 7. The lowest BCUT2D eigenvalue weighted by Gasteiger charge is -2.17. The van der Waals surface area contributed by atoms with Crippen molar-refractivity contribution in [2.45, 2.75) is 39.5 Å². The minimum atomic E-state index is -3.07. The Morgan fingerprint density at radius 2 is 1.70 bits per heavy atom. The van der Waals surface area contributed by atoms with Gasteiger partial charge >= 0.3 is 0 Å². The first-order valence-electron chi connectivity index (χ1n) is 6.21. The number of nitrogens with two attached hydrogens (primary N) is 1. The van der Waals surface area contributed by atoms with Crippen molar-refractivity contribution < 1.29 is 18.4 Å². The summed E-state index contributed by atoms with van der Waals surface area (Å²) in [6.45, 7) is 4.14. The fourth-order valence-electron chi connectivity index (χ4n) is 1.10. The molecule has 0 saturated carbocycles. The first kappa shape index (κ1) is 21.4. The van der Waals surface area contributed by atoms with E-state index in [0.29, 0.717) is 13.0 Å². The van der Waals surface area contributed by atoms with E-state index in [4.69, 9.17) is 5.73 Å². The van der Waals surface area contributed by atoms with Crippen molar-refractivity contribution in [3.05, 3.63) is 0 Å². The van der Waals surface area contributed by atoms with Crippen molar-refractivity contribution in [2.24, 2.45) is 11.1 Å². The van der Waals surface area contributed by atoms with Crippen molar-refractivity contribution in [2.75, 3.05) is 19.6 Å². The molecule has 0 aliphatic rings. The van der Waals surface area contributed by atoms with Crippen LogP contribution in [0.15, 0.2) is 0 Å². The molecule has 0 fully saturated rings. The lowest BCUT2D eigenvalue weighted by Crippen LogP contribution is -2.41. The third-order valence-electron chi connectivity index (χ3n) is 2.39. The molecule has 0 radical (unpaired) electrons. The molecule has 0 aromatic heterocycles. The van der Waals surface area contributed by atoms with Gasteiger partial charge in [0.15, 0.2) is 0 Å². The van der Waals surface area contributed by atoms with E-state index >= 15 is 0 Å². The molecule has 8 heteroatoms. The molecule has 0 heterocycles. The molecule has 0 rings (SSSR count). The highest BCUT2D eigenvalue weighted by Crippen LogP contribution is 2.12. The van der Waals surface area contributed by atoms with Crippen LogP contribution in [-0.4, -0.2) is 37.4 Å². The van der Waals surface area contributed by atoms with Crippen LogP contribution in [-0.2, 0) is 9.59 Å². The van der Waals surface area contributed by atoms with Gasteiger partial charge in [0.1, 0.15) is 0 Å². The van der Waals surface area contributed by atoms with Gasteiger partial charge in [0.05, 0.1) is 13.1 Å². The second-order valence-corrected chi connectivity index (χ2v) is 5.45. The molecule has 0 aliphatic carbocycles. The number of hydrogen-bond acceptors (Lipinski definition) is 3. The largest absolute Gasteiger partial charge is 0.356 e. The molecule has 0 spiro atoms. The number of halogens is 3. The maximum Gasteiger partial charge on any atom is 0.277 e. The van der Waals surface area contributed by atoms with Crippen LogP contribution in [0, 0.1) is 5.41 Å².